The Morgan fingerprint density at radius 1 is 1.09 bits per heavy atom. The van der Waals surface area contributed by atoms with Gasteiger partial charge in [-0.3, -0.25) is 4.79 Å². The molecule has 0 bridgehead atoms. The van der Waals surface area contributed by atoms with Crippen LogP contribution in [0.15, 0.2) is 30.3 Å². The van der Waals surface area contributed by atoms with Gasteiger partial charge < -0.3 is 24.6 Å². The van der Waals surface area contributed by atoms with E-state index in [0.29, 0.717) is 30.0 Å². The number of nitrogens with one attached hydrogen (secondary N) is 2. The second-order valence-electron chi connectivity index (χ2n) is 9.52. The van der Waals surface area contributed by atoms with Crippen LogP contribution in [0.5, 0.6) is 0 Å². The van der Waals surface area contributed by atoms with Gasteiger partial charge in [0.15, 0.2) is 6.01 Å². The van der Waals surface area contributed by atoms with Crippen molar-refractivity contribution < 1.29 is 13.9 Å². The number of carbonyl (C=O) groups excluding carboxylic acids is 1. The summed E-state index contributed by atoms with van der Waals surface area (Å²) < 4.78 is 21.2. The van der Waals surface area contributed by atoms with Crippen LogP contribution in [0.25, 0.3) is 0 Å². The number of amides is 1. The fourth-order valence-electron chi connectivity index (χ4n) is 4.91. The van der Waals surface area contributed by atoms with E-state index in [-0.39, 0.29) is 5.91 Å². The molecule has 0 atom stereocenters. The van der Waals surface area contributed by atoms with Crippen LogP contribution in [-0.2, 0) is 4.74 Å². The first kappa shape index (κ1) is 23.2. The summed E-state index contributed by atoms with van der Waals surface area (Å²) in [6.45, 7) is 6.81. The summed E-state index contributed by atoms with van der Waals surface area (Å²) in [5, 5.41) is 3.03. The van der Waals surface area contributed by atoms with Gasteiger partial charge in [0.2, 0.25) is 0 Å². The van der Waals surface area contributed by atoms with E-state index in [1.165, 1.54) is 12.8 Å². The summed E-state index contributed by atoms with van der Waals surface area (Å²) in [5.41, 5.74) is 3.88. The van der Waals surface area contributed by atoms with E-state index >= 15 is 0 Å². The topological polar surface area (TPSA) is 69.7 Å². The van der Waals surface area contributed by atoms with Crippen LogP contribution in [0.2, 0.25) is 0 Å². The third-order valence-electron chi connectivity index (χ3n) is 7.14. The SMILES string of the molecule is Cc1cc(NC(=O)c2ccc(NSCF)cc2N2CCC3(CC2)CC3)nc(N2CCOCC2)c1. The first-order chi connectivity index (χ1) is 16.5. The lowest BCUT2D eigenvalue weighted by molar-refractivity contribution is 0.102. The Morgan fingerprint density at radius 3 is 2.56 bits per heavy atom. The highest BCUT2D eigenvalue weighted by atomic mass is 32.2. The van der Waals surface area contributed by atoms with Gasteiger partial charge in [0.25, 0.3) is 5.91 Å². The molecule has 3 fully saturated rings. The molecule has 2 aromatic rings. The molecule has 34 heavy (non-hydrogen) atoms. The van der Waals surface area contributed by atoms with Gasteiger partial charge in [-0.2, -0.15) is 0 Å². The molecule has 182 valence electrons. The number of morpholine rings is 1. The third-order valence-corrected chi connectivity index (χ3v) is 7.63. The van der Waals surface area contributed by atoms with Crippen molar-refractivity contribution in [1.82, 2.24) is 4.98 Å². The minimum atomic E-state index is -0.520. The lowest BCUT2D eigenvalue weighted by atomic mass is 9.93. The van der Waals surface area contributed by atoms with Crippen LogP contribution in [0.1, 0.15) is 41.6 Å². The van der Waals surface area contributed by atoms with Crippen LogP contribution in [0, 0.1) is 12.3 Å². The van der Waals surface area contributed by atoms with Gasteiger partial charge in [-0.15, -0.1) is 0 Å². The number of piperidine rings is 1. The Kier molecular flexibility index (Phi) is 6.83. The normalized spacial score (nSPS) is 19.2. The molecule has 1 aromatic carbocycles. The third kappa shape index (κ3) is 5.25. The first-order valence-electron chi connectivity index (χ1n) is 12.0. The molecule has 0 unspecified atom stereocenters. The van der Waals surface area contributed by atoms with Gasteiger partial charge in [0, 0.05) is 31.9 Å². The van der Waals surface area contributed by atoms with Crippen molar-refractivity contribution in [2.24, 2.45) is 5.41 Å². The molecular formula is C25H32FN5O2S. The lowest BCUT2D eigenvalue weighted by Crippen LogP contribution is -2.37. The fourth-order valence-corrected chi connectivity index (χ4v) is 5.26. The molecule has 9 heteroatoms. The van der Waals surface area contributed by atoms with Gasteiger partial charge in [0.1, 0.15) is 11.6 Å². The van der Waals surface area contributed by atoms with E-state index in [2.05, 4.69) is 19.8 Å². The van der Waals surface area contributed by atoms with Crippen LogP contribution >= 0.6 is 11.9 Å². The van der Waals surface area contributed by atoms with Gasteiger partial charge in [-0.1, -0.05) is 0 Å². The average molecular weight is 486 g/mol. The first-order valence-corrected chi connectivity index (χ1v) is 13.0. The van der Waals surface area contributed by atoms with E-state index in [4.69, 9.17) is 9.72 Å². The molecule has 0 radical (unpaired) electrons. The van der Waals surface area contributed by atoms with Gasteiger partial charge in [0.05, 0.1) is 24.5 Å². The van der Waals surface area contributed by atoms with Crippen LogP contribution < -0.4 is 19.8 Å². The molecule has 1 spiro atoms. The molecule has 2 aliphatic heterocycles. The number of rotatable bonds is 7. The van der Waals surface area contributed by atoms with Crippen LogP contribution in [-0.4, -0.2) is 56.3 Å². The van der Waals surface area contributed by atoms with Gasteiger partial charge in [-0.25, -0.2) is 9.37 Å². The average Bonchev–Trinajstić information content (AvgIpc) is 3.62. The molecule has 1 saturated carbocycles. The van der Waals surface area contributed by atoms with Crippen molar-refractivity contribution in [3.8, 4) is 0 Å². The van der Waals surface area contributed by atoms with Crippen LogP contribution in [0.3, 0.4) is 0 Å². The minimum absolute atomic E-state index is 0.183. The molecule has 3 heterocycles. The van der Waals surface area contributed by atoms with Crippen molar-refractivity contribution in [3.63, 3.8) is 0 Å². The zero-order chi connectivity index (χ0) is 23.5. The quantitative estimate of drug-likeness (QED) is 0.544. The number of ether oxygens (including phenoxy) is 1. The second kappa shape index (κ2) is 10.00. The van der Waals surface area contributed by atoms with Crippen molar-refractivity contribution >= 4 is 40.9 Å². The summed E-state index contributed by atoms with van der Waals surface area (Å²) in [7, 11) is 0. The Morgan fingerprint density at radius 2 is 1.85 bits per heavy atom. The molecule has 1 amide bonds. The van der Waals surface area contributed by atoms with Crippen molar-refractivity contribution in [3.05, 3.63) is 41.5 Å². The molecule has 7 nitrogen and oxygen atoms in total. The predicted octanol–water partition coefficient (Wildman–Crippen LogP) is 4.85. The maximum Gasteiger partial charge on any atom is 0.258 e. The van der Waals surface area contributed by atoms with E-state index in [0.717, 1.165) is 73.7 Å². The molecule has 2 N–H and O–H groups in total. The second-order valence-corrected chi connectivity index (χ2v) is 10.2. The molecular weight excluding hydrogens is 453 g/mol. The highest BCUT2D eigenvalue weighted by Crippen LogP contribution is 2.54. The Bertz CT molecular complexity index is 1030. The number of carbonyl (C=O) groups is 1. The summed E-state index contributed by atoms with van der Waals surface area (Å²) in [6, 6.07) is 9.03. The Labute approximate surface area is 204 Å². The summed E-state index contributed by atoms with van der Waals surface area (Å²) in [5.74, 6) is 1.22. The number of anilines is 4. The Hall–Kier alpha value is -2.52. The van der Waals surface area contributed by atoms with Gasteiger partial charge >= 0.3 is 0 Å². The zero-order valence-electron chi connectivity index (χ0n) is 19.6. The van der Waals surface area contributed by atoms with E-state index in [9.17, 15) is 9.18 Å². The van der Waals surface area contributed by atoms with E-state index in [1.54, 1.807) is 0 Å². The molecule has 1 aromatic heterocycles. The molecule has 1 aliphatic carbocycles. The number of alkyl halides is 1. The summed E-state index contributed by atoms with van der Waals surface area (Å²) in [4.78, 5) is 22.6. The zero-order valence-corrected chi connectivity index (χ0v) is 20.4. The number of benzene rings is 1. The monoisotopic (exact) mass is 485 g/mol. The lowest BCUT2D eigenvalue weighted by Gasteiger charge is -2.35. The van der Waals surface area contributed by atoms with E-state index in [1.807, 2.05) is 37.3 Å². The smallest absolute Gasteiger partial charge is 0.258 e. The number of hydrogen-bond donors (Lipinski definition) is 2. The van der Waals surface area contributed by atoms with E-state index < -0.39 is 6.01 Å². The number of aryl methyl sites for hydroxylation is 1. The van der Waals surface area contributed by atoms with Crippen LogP contribution in [0.4, 0.5) is 27.4 Å². The van der Waals surface area contributed by atoms with Crippen molar-refractivity contribution in [2.45, 2.75) is 32.6 Å². The fraction of sp³-hybridized carbons (Fsp3) is 0.520. The summed E-state index contributed by atoms with van der Waals surface area (Å²) >= 11 is 1.00. The maximum absolute atomic E-state index is 13.4. The van der Waals surface area contributed by atoms with Gasteiger partial charge in [-0.05, 0) is 85.9 Å². The maximum atomic E-state index is 13.4. The molecule has 5 rings (SSSR count). The largest absolute Gasteiger partial charge is 0.378 e. The summed E-state index contributed by atoms with van der Waals surface area (Å²) in [6.07, 6.45) is 4.97. The number of halogens is 1. The Balaban J connectivity index is 1.37. The number of pyridine rings is 1. The molecule has 3 aliphatic rings. The predicted molar refractivity (Wildman–Crippen MR) is 137 cm³/mol. The number of nitrogens with zero attached hydrogens (tertiary/aromatic N) is 3. The standard InChI is InChI=1S/C25H32FN5O2S/c1-18-14-22(27-23(15-18)31-10-12-33-13-11-31)28-24(32)20-3-2-19(29-34-17-26)16-21(20)30-8-6-25(4-5-25)7-9-30/h2-3,14-16,29H,4-13,17H2,1H3,(H,27,28,32). The number of aromatic nitrogens is 1. The highest BCUT2D eigenvalue weighted by molar-refractivity contribution is 8.00. The van der Waals surface area contributed by atoms with Crippen molar-refractivity contribution in [2.75, 3.05) is 65.2 Å². The number of hydrogen-bond acceptors (Lipinski definition) is 7. The molecule has 2 saturated heterocycles. The van der Waals surface area contributed by atoms with Crippen molar-refractivity contribution in [1.29, 1.82) is 0 Å². The highest BCUT2D eigenvalue weighted by Gasteiger charge is 2.44. The minimum Gasteiger partial charge on any atom is -0.378 e.